The number of nitrogens with one attached hydrogen (secondary N) is 1. The van der Waals surface area contributed by atoms with Crippen molar-refractivity contribution in [1.82, 2.24) is 0 Å². The molecule has 1 heterocycles. The molecule has 2 aromatic rings. The number of nitrogens with zero attached hydrogens (tertiary/aromatic N) is 1. The summed E-state index contributed by atoms with van der Waals surface area (Å²) in [6.45, 7) is 0. The number of rotatable bonds is 7. The molecule has 0 aromatic heterocycles. The van der Waals surface area contributed by atoms with Crippen molar-refractivity contribution < 1.29 is 28.6 Å². The van der Waals surface area contributed by atoms with Crippen LogP contribution < -0.4 is 24.3 Å². The number of carbonyl (C=O) groups excluding carboxylic acids is 1. The van der Waals surface area contributed by atoms with E-state index in [1.165, 1.54) is 7.11 Å². The van der Waals surface area contributed by atoms with Gasteiger partial charge in [-0.1, -0.05) is 5.16 Å². The SMILES string of the molecule is COc1ccc(NC(=O)[C@H]2CC(c3cc(OC)c(OC)c(OC)c3)=NO2)cc1. The summed E-state index contributed by atoms with van der Waals surface area (Å²) in [5.74, 6) is 1.93. The van der Waals surface area contributed by atoms with Crippen molar-refractivity contribution in [3.8, 4) is 23.0 Å². The lowest BCUT2D eigenvalue weighted by molar-refractivity contribution is -0.125. The molecule has 8 heteroatoms. The molecule has 0 radical (unpaired) electrons. The fourth-order valence-electron chi connectivity index (χ4n) is 2.83. The molecule has 8 nitrogen and oxygen atoms in total. The van der Waals surface area contributed by atoms with E-state index in [2.05, 4.69) is 10.5 Å². The third-order valence-corrected chi connectivity index (χ3v) is 4.32. The van der Waals surface area contributed by atoms with Crippen LogP contribution in [0.5, 0.6) is 23.0 Å². The Morgan fingerprint density at radius 2 is 1.64 bits per heavy atom. The molecule has 0 aliphatic carbocycles. The fraction of sp³-hybridized carbons (Fsp3) is 0.300. The van der Waals surface area contributed by atoms with Gasteiger partial charge >= 0.3 is 0 Å². The van der Waals surface area contributed by atoms with Crippen LogP contribution in [0.1, 0.15) is 12.0 Å². The average molecular weight is 386 g/mol. The highest BCUT2D eigenvalue weighted by molar-refractivity contribution is 6.06. The molecule has 0 bridgehead atoms. The van der Waals surface area contributed by atoms with E-state index in [0.717, 1.165) is 5.56 Å². The van der Waals surface area contributed by atoms with Crippen LogP contribution in [0.25, 0.3) is 0 Å². The van der Waals surface area contributed by atoms with Crippen LogP contribution in [0.15, 0.2) is 41.6 Å². The molecule has 1 atom stereocenters. The Kier molecular flexibility index (Phi) is 5.88. The van der Waals surface area contributed by atoms with E-state index in [4.69, 9.17) is 23.8 Å². The van der Waals surface area contributed by atoms with Crippen molar-refractivity contribution in [3.63, 3.8) is 0 Å². The summed E-state index contributed by atoms with van der Waals surface area (Å²) in [6, 6.07) is 10.6. The number of oxime groups is 1. The molecule has 1 aliphatic heterocycles. The zero-order valence-corrected chi connectivity index (χ0v) is 16.1. The van der Waals surface area contributed by atoms with Gasteiger partial charge in [0.2, 0.25) is 11.9 Å². The standard InChI is InChI=1S/C20H22N2O6/c1-24-14-7-5-13(6-8-14)21-20(23)18-11-15(22-28-18)12-9-16(25-2)19(27-4)17(10-12)26-3/h5-10,18H,11H2,1-4H3,(H,21,23)/t18-/m1/s1. The van der Waals surface area contributed by atoms with Crippen molar-refractivity contribution in [3.05, 3.63) is 42.0 Å². The fourth-order valence-corrected chi connectivity index (χ4v) is 2.83. The van der Waals surface area contributed by atoms with Gasteiger partial charge in [0.1, 0.15) is 5.75 Å². The predicted octanol–water partition coefficient (Wildman–Crippen LogP) is 2.85. The molecule has 0 saturated carbocycles. The Balaban J connectivity index is 1.71. The molecular formula is C20H22N2O6. The first-order chi connectivity index (χ1) is 13.6. The Hall–Kier alpha value is -3.42. The summed E-state index contributed by atoms with van der Waals surface area (Å²) in [5, 5.41) is 6.88. The minimum absolute atomic E-state index is 0.281. The second kappa shape index (κ2) is 8.51. The van der Waals surface area contributed by atoms with Crippen LogP contribution in [-0.2, 0) is 9.63 Å². The normalized spacial score (nSPS) is 15.3. The zero-order chi connectivity index (χ0) is 20.1. The number of ether oxygens (including phenoxy) is 4. The summed E-state index contributed by atoms with van der Waals surface area (Å²) < 4.78 is 21.2. The van der Waals surface area contributed by atoms with Crippen molar-refractivity contribution in [2.75, 3.05) is 33.8 Å². The number of hydrogen-bond donors (Lipinski definition) is 1. The Morgan fingerprint density at radius 1 is 1.00 bits per heavy atom. The van der Waals surface area contributed by atoms with E-state index in [9.17, 15) is 4.79 Å². The van der Waals surface area contributed by atoms with Gasteiger partial charge in [0, 0.05) is 17.7 Å². The number of anilines is 1. The molecule has 3 rings (SSSR count). The number of benzene rings is 2. The van der Waals surface area contributed by atoms with Crippen LogP contribution in [0.4, 0.5) is 5.69 Å². The third-order valence-electron chi connectivity index (χ3n) is 4.32. The summed E-state index contributed by atoms with van der Waals surface area (Å²) in [6.07, 6.45) is -0.406. The molecule has 0 saturated heterocycles. The van der Waals surface area contributed by atoms with Crippen LogP contribution in [0.3, 0.4) is 0 Å². The quantitative estimate of drug-likeness (QED) is 0.787. The molecule has 0 unspecified atom stereocenters. The second-order valence-electron chi connectivity index (χ2n) is 5.97. The number of amides is 1. The van der Waals surface area contributed by atoms with Gasteiger partial charge in [0.25, 0.3) is 5.91 Å². The summed E-state index contributed by atoms with van der Waals surface area (Å²) in [7, 11) is 6.20. The van der Waals surface area contributed by atoms with E-state index in [-0.39, 0.29) is 5.91 Å². The summed E-state index contributed by atoms with van der Waals surface area (Å²) >= 11 is 0. The van der Waals surface area contributed by atoms with E-state index in [0.29, 0.717) is 40.8 Å². The van der Waals surface area contributed by atoms with Gasteiger partial charge in [-0.15, -0.1) is 0 Å². The number of methoxy groups -OCH3 is 4. The highest BCUT2D eigenvalue weighted by Crippen LogP contribution is 2.39. The number of carbonyl (C=O) groups is 1. The lowest BCUT2D eigenvalue weighted by atomic mass is 10.0. The van der Waals surface area contributed by atoms with Gasteiger partial charge in [-0.2, -0.15) is 0 Å². The van der Waals surface area contributed by atoms with Gasteiger partial charge in [-0.25, -0.2) is 0 Å². The van der Waals surface area contributed by atoms with Crippen LogP contribution in [-0.4, -0.2) is 46.2 Å². The van der Waals surface area contributed by atoms with E-state index in [1.807, 2.05) is 0 Å². The second-order valence-corrected chi connectivity index (χ2v) is 5.97. The van der Waals surface area contributed by atoms with Crippen LogP contribution in [0.2, 0.25) is 0 Å². The Bertz CT molecular complexity index is 854. The highest BCUT2D eigenvalue weighted by atomic mass is 16.6. The van der Waals surface area contributed by atoms with Crippen molar-refractivity contribution in [2.24, 2.45) is 5.16 Å². The Morgan fingerprint density at radius 3 is 2.18 bits per heavy atom. The molecule has 0 spiro atoms. The van der Waals surface area contributed by atoms with Crippen molar-refractivity contribution in [1.29, 1.82) is 0 Å². The minimum atomic E-state index is -0.726. The third kappa shape index (κ3) is 3.95. The van der Waals surface area contributed by atoms with Gasteiger partial charge in [0.15, 0.2) is 11.5 Å². The zero-order valence-electron chi connectivity index (χ0n) is 16.1. The first-order valence-corrected chi connectivity index (χ1v) is 8.57. The predicted molar refractivity (Wildman–Crippen MR) is 104 cm³/mol. The van der Waals surface area contributed by atoms with E-state index >= 15 is 0 Å². The molecule has 2 aromatic carbocycles. The lowest BCUT2D eigenvalue weighted by Crippen LogP contribution is -2.28. The van der Waals surface area contributed by atoms with Gasteiger partial charge in [0.05, 0.1) is 34.2 Å². The highest BCUT2D eigenvalue weighted by Gasteiger charge is 2.30. The maximum absolute atomic E-state index is 12.5. The van der Waals surface area contributed by atoms with Gasteiger partial charge in [-0.05, 0) is 36.4 Å². The van der Waals surface area contributed by atoms with Crippen LogP contribution >= 0.6 is 0 Å². The maximum Gasteiger partial charge on any atom is 0.268 e. The minimum Gasteiger partial charge on any atom is -0.497 e. The average Bonchev–Trinajstić information content (AvgIpc) is 3.23. The largest absolute Gasteiger partial charge is 0.497 e. The first kappa shape index (κ1) is 19.3. The summed E-state index contributed by atoms with van der Waals surface area (Å²) in [5.41, 5.74) is 2.00. The Labute approximate surface area is 163 Å². The molecule has 0 fully saturated rings. The van der Waals surface area contributed by atoms with Gasteiger partial charge < -0.3 is 29.1 Å². The molecular weight excluding hydrogens is 364 g/mol. The number of hydrogen-bond acceptors (Lipinski definition) is 7. The monoisotopic (exact) mass is 386 g/mol. The molecule has 1 aliphatic rings. The van der Waals surface area contributed by atoms with Gasteiger partial charge in [-0.3, -0.25) is 4.79 Å². The smallest absolute Gasteiger partial charge is 0.268 e. The van der Waals surface area contributed by atoms with E-state index in [1.54, 1.807) is 57.7 Å². The molecule has 1 amide bonds. The topological polar surface area (TPSA) is 87.6 Å². The first-order valence-electron chi connectivity index (χ1n) is 8.57. The maximum atomic E-state index is 12.5. The summed E-state index contributed by atoms with van der Waals surface area (Å²) in [4.78, 5) is 17.8. The van der Waals surface area contributed by atoms with Crippen molar-refractivity contribution in [2.45, 2.75) is 12.5 Å². The molecule has 28 heavy (non-hydrogen) atoms. The van der Waals surface area contributed by atoms with E-state index < -0.39 is 6.10 Å². The van der Waals surface area contributed by atoms with Crippen LogP contribution in [0, 0.1) is 0 Å². The molecule has 1 N–H and O–H groups in total. The lowest BCUT2D eigenvalue weighted by Gasteiger charge is -2.14. The van der Waals surface area contributed by atoms with Crippen molar-refractivity contribution >= 4 is 17.3 Å². The molecule has 148 valence electrons.